The van der Waals surface area contributed by atoms with Crippen molar-refractivity contribution >= 4 is 17.7 Å². The minimum absolute atomic E-state index is 0.212. The molecule has 0 aliphatic heterocycles. The zero-order valence-electron chi connectivity index (χ0n) is 18.9. The van der Waals surface area contributed by atoms with Crippen molar-refractivity contribution in [3.8, 4) is 11.4 Å². The molecule has 0 aliphatic rings. The lowest BCUT2D eigenvalue weighted by molar-refractivity contribution is -0.142. The van der Waals surface area contributed by atoms with Crippen LogP contribution in [0.5, 0.6) is 5.75 Å². The first-order valence-corrected chi connectivity index (χ1v) is 10.5. The van der Waals surface area contributed by atoms with Gasteiger partial charge in [-0.2, -0.15) is 0 Å². The smallest absolute Gasteiger partial charge is 0.319 e. The quantitative estimate of drug-likeness (QED) is 0.510. The zero-order chi connectivity index (χ0) is 23.1. The van der Waals surface area contributed by atoms with E-state index in [0.717, 1.165) is 34.0 Å². The van der Waals surface area contributed by atoms with Crippen molar-refractivity contribution in [2.45, 2.75) is 33.7 Å². The third-order valence-corrected chi connectivity index (χ3v) is 5.17. The molecule has 0 atom stereocenters. The Morgan fingerprint density at radius 3 is 2.31 bits per heavy atom. The minimum atomic E-state index is -0.294. The Bertz CT molecular complexity index is 1070. The van der Waals surface area contributed by atoms with Crippen molar-refractivity contribution < 1.29 is 19.1 Å². The summed E-state index contributed by atoms with van der Waals surface area (Å²) in [6.07, 6.45) is 0.212. The molecule has 168 valence electrons. The van der Waals surface area contributed by atoms with Gasteiger partial charge in [-0.1, -0.05) is 12.1 Å². The molecule has 0 unspecified atom stereocenters. The van der Waals surface area contributed by atoms with Gasteiger partial charge in [0.25, 0.3) is 0 Å². The number of urea groups is 1. The van der Waals surface area contributed by atoms with Gasteiger partial charge in [0.05, 0.1) is 20.1 Å². The Morgan fingerprint density at radius 1 is 1.00 bits per heavy atom. The van der Waals surface area contributed by atoms with Gasteiger partial charge in [0.1, 0.15) is 5.75 Å². The summed E-state index contributed by atoms with van der Waals surface area (Å²) < 4.78 is 12.3. The Labute approximate surface area is 188 Å². The predicted octanol–water partition coefficient (Wildman–Crippen LogP) is 4.53. The molecule has 0 radical (unpaired) electrons. The molecule has 3 aromatic rings. The van der Waals surface area contributed by atoms with Crippen molar-refractivity contribution in [2.75, 3.05) is 19.0 Å². The average Bonchev–Trinajstić information content (AvgIpc) is 3.07. The second kappa shape index (κ2) is 10.5. The fraction of sp³-hybridized carbons (Fsp3) is 0.280. The number of ether oxygens (including phenoxy) is 2. The van der Waals surface area contributed by atoms with Crippen LogP contribution in [0, 0.1) is 13.8 Å². The van der Waals surface area contributed by atoms with E-state index in [2.05, 4.69) is 21.3 Å². The second-order valence-corrected chi connectivity index (χ2v) is 7.42. The monoisotopic (exact) mass is 435 g/mol. The van der Waals surface area contributed by atoms with E-state index in [1.165, 1.54) is 0 Å². The number of nitrogens with one attached hydrogen (secondary N) is 2. The van der Waals surface area contributed by atoms with Crippen molar-refractivity contribution in [3.63, 3.8) is 0 Å². The van der Waals surface area contributed by atoms with Crippen LogP contribution in [-0.2, 0) is 22.5 Å². The molecule has 0 fully saturated rings. The van der Waals surface area contributed by atoms with Gasteiger partial charge in [-0.05, 0) is 74.4 Å². The maximum absolute atomic E-state index is 12.4. The first-order chi connectivity index (χ1) is 15.4. The van der Waals surface area contributed by atoms with E-state index in [9.17, 15) is 9.59 Å². The number of carbonyl (C=O) groups excluding carboxylic acids is 2. The number of methoxy groups -OCH3 is 1. The van der Waals surface area contributed by atoms with Crippen molar-refractivity contribution in [1.29, 1.82) is 0 Å². The number of hydrogen-bond donors (Lipinski definition) is 2. The fourth-order valence-corrected chi connectivity index (χ4v) is 3.57. The van der Waals surface area contributed by atoms with Crippen molar-refractivity contribution in [1.82, 2.24) is 9.88 Å². The van der Waals surface area contributed by atoms with Gasteiger partial charge in [0.15, 0.2) is 0 Å². The summed E-state index contributed by atoms with van der Waals surface area (Å²) in [5.41, 5.74) is 5.72. The molecule has 0 aliphatic carbocycles. The predicted molar refractivity (Wildman–Crippen MR) is 124 cm³/mol. The molecule has 7 nitrogen and oxygen atoms in total. The van der Waals surface area contributed by atoms with E-state index in [1.807, 2.05) is 38.1 Å². The normalized spacial score (nSPS) is 10.5. The Kier molecular flexibility index (Phi) is 7.54. The van der Waals surface area contributed by atoms with E-state index >= 15 is 0 Å². The van der Waals surface area contributed by atoms with Crippen LogP contribution in [0.4, 0.5) is 10.5 Å². The third kappa shape index (κ3) is 5.69. The maximum atomic E-state index is 12.4. The SMILES string of the molecule is CCOC(=O)Cc1ccc(NC(=O)NCc2cc(C)n(-c3ccc(OC)cc3)c2C)cc1. The lowest BCUT2D eigenvalue weighted by Gasteiger charge is -2.11. The van der Waals surface area contributed by atoms with Gasteiger partial charge >= 0.3 is 12.0 Å². The van der Waals surface area contributed by atoms with Gasteiger partial charge in [-0.25, -0.2) is 4.79 Å². The van der Waals surface area contributed by atoms with Gasteiger partial charge < -0.3 is 24.7 Å². The van der Waals surface area contributed by atoms with E-state index < -0.39 is 0 Å². The number of aromatic nitrogens is 1. The van der Waals surface area contributed by atoms with Gasteiger partial charge in [0, 0.05) is 29.3 Å². The highest BCUT2D eigenvalue weighted by Gasteiger charge is 2.12. The van der Waals surface area contributed by atoms with E-state index in [0.29, 0.717) is 18.8 Å². The van der Waals surface area contributed by atoms with Crippen molar-refractivity contribution in [2.24, 2.45) is 0 Å². The highest BCUT2D eigenvalue weighted by molar-refractivity contribution is 5.89. The highest BCUT2D eigenvalue weighted by atomic mass is 16.5. The van der Waals surface area contributed by atoms with Crippen LogP contribution in [-0.4, -0.2) is 30.3 Å². The van der Waals surface area contributed by atoms with Crippen molar-refractivity contribution in [3.05, 3.63) is 77.1 Å². The zero-order valence-corrected chi connectivity index (χ0v) is 18.9. The van der Waals surface area contributed by atoms with Crippen LogP contribution in [0.3, 0.4) is 0 Å². The highest BCUT2D eigenvalue weighted by Crippen LogP contribution is 2.22. The number of aryl methyl sites for hydroxylation is 1. The number of benzene rings is 2. The summed E-state index contributed by atoms with van der Waals surface area (Å²) in [6, 6.07) is 16.8. The van der Waals surface area contributed by atoms with Gasteiger partial charge in [-0.3, -0.25) is 4.79 Å². The lowest BCUT2D eigenvalue weighted by atomic mass is 10.1. The molecule has 1 heterocycles. The number of anilines is 1. The summed E-state index contributed by atoms with van der Waals surface area (Å²) in [7, 11) is 1.65. The summed E-state index contributed by atoms with van der Waals surface area (Å²) >= 11 is 0. The molecule has 32 heavy (non-hydrogen) atoms. The third-order valence-electron chi connectivity index (χ3n) is 5.17. The molecule has 7 heteroatoms. The number of esters is 1. The molecule has 0 saturated carbocycles. The van der Waals surface area contributed by atoms with Crippen LogP contribution in [0.15, 0.2) is 54.6 Å². The number of hydrogen-bond acceptors (Lipinski definition) is 4. The van der Waals surface area contributed by atoms with E-state index in [4.69, 9.17) is 9.47 Å². The second-order valence-electron chi connectivity index (χ2n) is 7.42. The van der Waals surface area contributed by atoms with E-state index in [-0.39, 0.29) is 18.4 Å². The van der Waals surface area contributed by atoms with Crippen LogP contribution in [0.25, 0.3) is 5.69 Å². The fourth-order valence-electron chi connectivity index (χ4n) is 3.57. The Morgan fingerprint density at radius 2 is 1.69 bits per heavy atom. The number of rotatable bonds is 8. The molecule has 1 aromatic heterocycles. The summed E-state index contributed by atoms with van der Waals surface area (Å²) in [4.78, 5) is 23.9. The molecule has 3 rings (SSSR count). The minimum Gasteiger partial charge on any atom is -0.497 e. The van der Waals surface area contributed by atoms with E-state index in [1.54, 1.807) is 38.3 Å². The Hall–Kier alpha value is -3.74. The summed E-state index contributed by atoms with van der Waals surface area (Å²) in [5.74, 6) is 0.543. The number of carbonyl (C=O) groups is 2. The standard InChI is InChI=1S/C25H29N3O4/c1-5-32-24(29)15-19-6-8-21(9-7-19)27-25(30)26-16-20-14-17(2)28(18(20)3)22-10-12-23(31-4)13-11-22/h6-14H,5,15-16H2,1-4H3,(H2,26,27,30). The molecule has 0 bridgehead atoms. The maximum Gasteiger partial charge on any atom is 0.319 e. The topological polar surface area (TPSA) is 81.6 Å². The number of nitrogens with zero attached hydrogens (tertiary/aromatic N) is 1. The molecule has 0 saturated heterocycles. The first-order valence-electron chi connectivity index (χ1n) is 10.5. The molecule has 2 aromatic carbocycles. The number of amides is 2. The summed E-state index contributed by atoms with van der Waals surface area (Å²) in [5, 5.41) is 5.72. The molecular weight excluding hydrogens is 406 g/mol. The van der Waals surface area contributed by atoms with Crippen LogP contribution in [0.2, 0.25) is 0 Å². The average molecular weight is 436 g/mol. The summed E-state index contributed by atoms with van der Waals surface area (Å²) in [6.45, 7) is 6.62. The molecule has 2 amide bonds. The molecule has 0 spiro atoms. The van der Waals surface area contributed by atoms with Crippen LogP contribution >= 0.6 is 0 Å². The lowest BCUT2D eigenvalue weighted by Crippen LogP contribution is -2.28. The molecular formula is C25H29N3O4. The molecule has 2 N–H and O–H groups in total. The Balaban J connectivity index is 1.58. The van der Waals surface area contributed by atoms with Gasteiger partial charge in [-0.15, -0.1) is 0 Å². The van der Waals surface area contributed by atoms with Crippen LogP contribution in [0.1, 0.15) is 29.4 Å². The van der Waals surface area contributed by atoms with Gasteiger partial charge in [0.2, 0.25) is 0 Å². The first kappa shape index (κ1) is 22.9. The van der Waals surface area contributed by atoms with Crippen LogP contribution < -0.4 is 15.4 Å². The largest absolute Gasteiger partial charge is 0.497 e.